The summed E-state index contributed by atoms with van der Waals surface area (Å²) < 4.78 is 16.6. The van der Waals surface area contributed by atoms with Crippen molar-refractivity contribution in [1.29, 1.82) is 0 Å². The molecule has 11 heteroatoms. The zero-order valence-electron chi connectivity index (χ0n) is 46.8. The lowest BCUT2D eigenvalue weighted by Crippen LogP contribution is -2.60. The van der Waals surface area contributed by atoms with Crippen LogP contribution in [0.5, 0.6) is 0 Å². The number of esters is 1. The molecule has 0 radical (unpaired) electrons. The molecule has 7 unspecified atom stereocenters. The number of aliphatic hydroxyl groups is 5. The van der Waals surface area contributed by atoms with Crippen LogP contribution in [-0.2, 0) is 23.8 Å². The maximum absolute atomic E-state index is 13.0. The zero-order chi connectivity index (χ0) is 53.8. The van der Waals surface area contributed by atoms with Crippen molar-refractivity contribution in [2.45, 2.75) is 281 Å². The number of allylic oxidation sites excluding steroid dienone is 13. The molecule has 74 heavy (non-hydrogen) atoms. The van der Waals surface area contributed by atoms with Crippen molar-refractivity contribution in [3.63, 3.8) is 0 Å². The number of carbonyl (C=O) groups is 2. The SMILES string of the molecule is CC/C=C/CC/C=C/CC/C=C/C(O)C(COC1OC(CO)C(O)C(O)C1O)NC(=O)CCCCCCCCC/C=C\C/C=C\CCCCCCCCCCCOC(=O)CCCCCCC/C=C\C/C=C\CCC. The molecule has 7 atom stereocenters. The first kappa shape index (κ1) is 68.9. The third-order valence-electron chi connectivity index (χ3n) is 13.4. The molecule has 1 saturated heterocycles. The van der Waals surface area contributed by atoms with Crippen LogP contribution < -0.4 is 5.32 Å². The van der Waals surface area contributed by atoms with Crippen LogP contribution in [0.4, 0.5) is 0 Å². The molecule has 1 rings (SSSR count). The Balaban J connectivity index is 2.06. The van der Waals surface area contributed by atoms with Gasteiger partial charge in [-0.15, -0.1) is 0 Å². The highest BCUT2D eigenvalue weighted by Gasteiger charge is 2.44. The van der Waals surface area contributed by atoms with Crippen LogP contribution in [0.3, 0.4) is 0 Å². The van der Waals surface area contributed by atoms with Crippen molar-refractivity contribution < 1.29 is 49.3 Å². The first-order valence-electron chi connectivity index (χ1n) is 29.9. The molecule has 0 aromatic rings. The highest BCUT2D eigenvalue weighted by Crippen LogP contribution is 2.23. The summed E-state index contributed by atoms with van der Waals surface area (Å²) in [5, 5.41) is 54.2. The summed E-state index contributed by atoms with van der Waals surface area (Å²) in [4.78, 5) is 25.0. The average Bonchev–Trinajstić information content (AvgIpc) is 3.40. The summed E-state index contributed by atoms with van der Waals surface area (Å²) >= 11 is 0. The van der Waals surface area contributed by atoms with E-state index in [2.05, 4.69) is 92.1 Å². The number of rotatable bonds is 50. The number of aliphatic hydroxyl groups excluding tert-OH is 5. The van der Waals surface area contributed by atoms with Gasteiger partial charge in [0.25, 0.3) is 0 Å². The molecule has 11 nitrogen and oxygen atoms in total. The highest BCUT2D eigenvalue weighted by molar-refractivity contribution is 5.76. The molecule has 1 aliphatic heterocycles. The van der Waals surface area contributed by atoms with Crippen molar-refractivity contribution in [2.24, 2.45) is 0 Å². The molecular weight excluding hydrogens is 931 g/mol. The molecule has 0 saturated carbocycles. The molecule has 0 spiro atoms. The summed E-state index contributed by atoms with van der Waals surface area (Å²) in [5.74, 6) is -0.234. The van der Waals surface area contributed by atoms with Crippen LogP contribution >= 0.6 is 0 Å². The van der Waals surface area contributed by atoms with Crippen molar-refractivity contribution in [3.05, 3.63) is 85.1 Å². The lowest BCUT2D eigenvalue weighted by Gasteiger charge is -2.40. The van der Waals surface area contributed by atoms with Gasteiger partial charge in [0.15, 0.2) is 6.29 Å². The predicted molar refractivity (Wildman–Crippen MR) is 306 cm³/mol. The number of ether oxygens (including phenoxy) is 3. The smallest absolute Gasteiger partial charge is 0.305 e. The van der Waals surface area contributed by atoms with Gasteiger partial charge >= 0.3 is 5.97 Å². The first-order valence-corrected chi connectivity index (χ1v) is 29.9. The monoisotopic (exact) mass is 1040 g/mol. The lowest BCUT2D eigenvalue weighted by atomic mass is 9.99. The molecule has 1 amide bonds. The maximum atomic E-state index is 13.0. The minimum absolute atomic E-state index is 0.0223. The van der Waals surface area contributed by atoms with Gasteiger partial charge in [0.1, 0.15) is 24.4 Å². The Bertz CT molecular complexity index is 1500. The quantitative estimate of drug-likeness (QED) is 0.0195. The average molecular weight is 1040 g/mol. The Morgan fingerprint density at radius 2 is 0.959 bits per heavy atom. The van der Waals surface area contributed by atoms with E-state index >= 15 is 0 Å². The van der Waals surface area contributed by atoms with Gasteiger partial charge in [-0.25, -0.2) is 0 Å². The van der Waals surface area contributed by atoms with E-state index in [0.717, 1.165) is 109 Å². The number of carbonyl (C=O) groups excluding carboxylic acids is 2. The second-order valence-electron chi connectivity index (χ2n) is 20.3. The fourth-order valence-corrected chi connectivity index (χ4v) is 8.72. The number of nitrogens with one attached hydrogen (secondary N) is 1. The number of amides is 1. The molecule has 0 aromatic heterocycles. The van der Waals surface area contributed by atoms with Gasteiger partial charge in [0, 0.05) is 12.8 Å². The molecule has 0 aliphatic carbocycles. The number of hydrogen-bond donors (Lipinski definition) is 6. The minimum atomic E-state index is -1.58. The topological polar surface area (TPSA) is 175 Å². The molecular formula is C63H109NO10. The van der Waals surface area contributed by atoms with E-state index in [1.165, 1.54) is 96.3 Å². The van der Waals surface area contributed by atoms with Gasteiger partial charge in [-0.05, 0) is 109 Å². The minimum Gasteiger partial charge on any atom is -0.466 e. The lowest BCUT2D eigenvalue weighted by molar-refractivity contribution is -0.302. The fourth-order valence-electron chi connectivity index (χ4n) is 8.72. The second kappa shape index (κ2) is 51.9. The molecule has 6 N–H and O–H groups in total. The van der Waals surface area contributed by atoms with Crippen LogP contribution in [0.1, 0.15) is 239 Å². The van der Waals surface area contributed by atoms with Crippen LogP contribution in [0.25, 0.3) is 0 Å². The van der Waals surface area contributed by atoms with E-state index in [-0.39, 0.29) is 18.5 Å². The third-order valence-corrected chi connectivity index (χ3v) is 13.4. The van der Waals surface area contributed by atoms with Crippen LogP contribution in [-0.4, -0.2) is 100 Å². The van der Waals surface area contributed by atoms with Crippen molar-refractivity contribution in [2.75, 3.05) is 19.8 Å². The Morgan fingerprint density at radius 1 is 0.514 bits per heavy atom. The van der Waals surface area contributed by atoms with E-state index < -0.39 is 49.5 Å². The van der Waals surface area contributed by atoms with E-state index in [9.17, 15) is 35.1 Å². The van der Waals surface area contributed by atoms with Gasteiger partial charge in [-0.2, -0.15) is 0 Å². The Kier molecular flexibility index (Phi) is 48.3. The summed E-state index contributed by atoms with van der Waals surface area (Å²) in [5.41, 5.74) is 0. The van der Waals surface area contributed by atoms with Gasteiger partial charge in [-0.3, -0.25) is 9.59 Å². The van der Waals surface area contributed by atoms with Gasteiger partial charge < -0.3 is 45.1 Å². The molecule has 0 bridgehead atoms. The Morgan fingerprint density at radius 3 is 1.47 bits per heavy atom. The Labute approximate surface area is 451 Å². The molecule has 426 valence electrons. The molecule has 0 aromatic carbocycles. The molecule has 1 heterocycles. The molecule has 1 fully saturated rings. The Hall–Kier alpha value is -3.16. The van der Waals surface area contributed by atoms with Crippen LogP contribution in [0, 0.1) is 0 Å². The van der Waals surface area contributed by atoms with Crippen LogP contribution in [0.2, 0.25) is 0 Å². The second-order valence-corrected chi connectivity index (χ2v) is 20.3. The number of hydrogen-bond acceptors (Lipinski definition) is 10. The van der Waals surface area contributed by atoms with Crippen molar-refractivity contribution in [3.8, 4) is 0 Å². The summed E-state index contributed by atoms with van der Waals surface area (Å²) in [7, 11) is 0. The van der Waals surface area contributed by atoms with Crippen molar-refractivity contribution >= 4 is 11.9 Å². The highest BCUT2D eigenvalue weighted by atomic mass is 16.7. The van der Waals surface area contributed by atoms with E-state index in [1.54, 1.807) is 6.08 Å². The zero-order valence-corrected chi connectivity index (χ0v) is 46.8. The fraction of sp³-hybridized carbons (Fsp3) is 0.746. The van der Waals surface area contributed by atoms with E-state index in [1.807, 2.05) is 6.08 Å². The third kappa shape index (κ3) is 41.1. The maximum Gasteiger partial charge on any atom is 0.305 e. The first-order chi connectivity index (χ1) is 36.2. The molecule has 1 aliphatic rings. The summed E-state index contributed by atoms with van der Waals surface area (Å²) in [6.45, 7) is 4.10. The van der Waals surface area contributed by atoms with Crippen molar-refractivity contribution in [1.82, 2.24) is 5.32 Å². The summed E-state index contributed by atoms with van der Waals surface area (Å²) in [6, 6.07) is -0.843. The summed E-state index contributed by atoms with van der Waals surface area (Å²) in [6.07, 6.45) is 59.8. The van der Waals surface area contributed by atoms with Gasteiger partial charge in [0.2, 0.25) is 5.91 Å². The largest absolute Gasteiger partial charge is 0.466 e. The normalized spacial score (nSPS) is 19.5. The van der Waals surface area contributed by atoms with E-state index in [0.29, 0.717) is 25.9 Å². The van der Waals surface area contributed by atoms with Gasteiger partial charge in [0.05, 0.1) is 32.0 Å². The van der Waals surface area contributed by atoms with E-state index in [4.69, 9.17) is 14.2 Å². The van der Waals surface area contributed by atoms with Gasteiger partial charge in [-0.1, -0.05) is 202 Å². The predicted octanol–water partition coefficient (Wildman–Crippen LogP) is 13.8. The van der Waals surface area contributed by atoms with Crippen LogP contribution in [0.15, 0.2) is 85.1 Å². The standard InChI is InChI=1S/C63H109NO10/c1-3-5-7-9-11-13-15-27-31-35-39-43-47-51-59(68)72-52-48-44-40-36-32-29-26-24-22-20-18-16-17-19-21-23-25-28-30-34-38-42-46-50-58(67)64-55(54-73-63-62(71)61(70)60(69)57(53-65)74-63)56(66)49-45-41-37-33-14-12-10-8-6-4-2/h6-9,13-16,18-19,21,33,45,49,55-57,60-63,65-66,69-71H,3-5,10-12,17,20,22-32,34-44,46-48,50-54H2,1-2H3,(H,64,67)/b8-6+,9-7-,15-13-,18-16-,21-19-,33-14+,49-45+. The number of unbranched alkanes of at least 4 members (excludes halogenated alkanes) is 24.